The Hall–Kier alpha value is -0.950. The summed E-state index contributed by atoms with van der Waals surface area (Å²) in [5.41, 5.74) is 1.41. The maximum absolute atomic E-state index is 13.9. The van der Waals surface area contributed by atoms with Crippen LogP contribution in [0, 0.1) is 9.39 Å². The third kappa shape index (κ3) is 2.50. The first-order valence-corrected chi connectivity index (χ1v) is 6.37. The fourth-order valence-corrected chi connectivity index (χ4v) is 2.12. The van der Waals surface area contributed by atoms with E-state index in [2.05, 4.69) is 33.0 Å². The molecule has 0 amide bonds. The van der Waals surface area contributed by atoms with Gasteiger partial charge in [0, 0.05) is 17.8 Å². The Labute approximate surface area is 113 Å². The van der Waals surface area contributed by atoms with Gasteiger partial charge in [-0.15, -0.1) is 0 Å². The van der Waals surface area contributed by atoms with Crippen molar-refractivity contribution in [3.05, 3.63) is 45.5 Å². The molecule has 1 aromatic heterocycles. The zero-order valence-electron chi connectivity index (χ0n) is 9.61. The number of hydrogen-bond acceptors (Lipinski definition) is 2. The van der Waals surface area contributed by atoms with Gasteiger partial charge in [-0.2, -0.15) is 5.10 Å². The highest BCUT2D eigenvalue weighted by atomic mass is 127. The van der Waals surface area contributed by atoms with Crippen LogP contribution >= 0.6 is 22.6 Å². The van der Waals surface area contributed by atoms with Gasteiger partial charge >= 0.3 is 0 Å². The SMILES string of the molecule is CNC(C)c1c(F)cccc1-n1cc(I)cn1. The summed E-state index contributed by atoms with van der Waals surface area (Å²) in [7, 11) is 1.81. The Morgan fingerprint density at radius 2 is 2.24 bits per heavy atom. The van der Waals surface area contributed by atoms with Crippen LogP contribution in [0.4, 0.5) is 4.39 Å². The first kappa shape index (κ1) is 12.5. The first-order valence-electron chi connectivity index (χ1n) is 5.29. The van der Waals surface area contributed by atoms with E-state index >= 15 is 0 Å². The summed E-state index contributed by atoms with van der Waals surface area (Å²) in [4.78, 5) is 0. The van der Waals surface area contributed by atoms with Crippen LogP contribution in [0.5, 0.6) is 0 Å². The van der Waals surface area contributed by atoms with E-state index in [1.807, 2.05) is 26.2 Å². The second kappa shape index (κ2) is 5.14. The van der Waals surface area contributed by atoms with Crippen molar-refractivity contribution in [3.63, 3.8) is 0 Å². The van der Waals surface area contributed by atoms with Gasteiger partial charge in [0.25, 0.3) is 0 Å². The number of hydrogen-bond donors (Lipinski definition) is 1. The summed E-state index contributed by atoms with van der Waals surface area (Å²) in [5.74, 6) is -0.213. The summed E-state index contributed by atoms with van der Waals surface area (Å²) in [6.45, 7) is 1.93. The Balaban J connectivity index is 2.57. The number of aromatic nitrogens is 2. The van der Waals surface area contributed by atoms with Gasteiger partial charge < -0.3 is 5.32 Å². The van der Waals surface area contributed by atoms with E-state index in [4.69, 9.17) is 0 Å². The molecule has 0 aliphatic rings. The number of benzene rings is 1. The smallest absolute Gasteiger partial charge is 0.130 e. The minimum Gasteiger partial charge on any atom is -0.313 e. The van der Waals surface area contributed by atoms with Gasteiger partial charge in [0.15, 0.2) is 0 Å². The van der Waals surface area contributed by atoms with Gasteiger partial charge in [0.05, 0.1) is 15.5 Å². The molecule has 0 aliphatic carbocycles. The molecule has 1 atom stereocenters. The topological polar surface area (TPSA) is 29.9 Å². The Morgan fingerprint density at radius 3 is 2.82 bits per heavy atom. The number of nitrogens with one attached hydrogen (secondary N) is 1. The van der Waals surface area contributed by atoms with Crippen molar-refractivity contribution in [3.8, 4) is 5.69 Å². The molecule has 0 fully saturated rings. The fourth-order valence-electron chi connectivity index (χ4n) is 1.73. The van der Waals surface area contributed by atoms with Gasteiger partial charge in [0.2, 0.25) is 0 Å². The molecule has 1 heterocycles. The fraction of sp³-hybridized carbons (Fsp3) is 0.250. The molecule has 0 aliphatic heterocycles. The molecule has 1 unspecified atom stereocenters. The maximum Gasteiger partial charge on any atom is 0.130 e. The molecule has 0 radical (unpaired) electrons. The molecule has 0 saturated heterocycles. The van der Waals surface area contributed by atoms with Crippen molar-refractivity contribution < 1.29 is 4.39 Å². The number of nitrogens with zero attached hydrogens (tertiary/aromatic N) is 2. The van der Waals surface area contributed by atoms with Crippen LogP contribution in [-0.4, -0.2) is 16.8 Å². The predicted octanol–water partition coefficient (Wildman–Crippen LogP) is 2.90. The molecule has 0 spiro atoms. The van der Waals surface area contributed by atoms with Crippen LogP contribution in [0.2, 0.25) is 0 Å². The standard InChI is InChI=1S/C12H13FIN3/c1-8(15-2)12-10(13)4-3-5-11(12)17-7-9(14)6-16-17/h3-8,15H,1-2H3. The third-order valence-corrected chi connectivity index (χ3v) is 3.25. The van der Waals surface area contributed by atoms with E-state index in [1.54, 1.807) is 16.9 Å². The van der Waals surface area contributed by atoms with Gasteiger partial charge in [-0.1, -0.05) is 6.07 Å². The monoisotopic (exact) mass is 345 g/mol. The first-order chi connectivity index (χ1) is 8.13. The molecule has 2 rings (SSSR count). The largest absolute Gasteiger partial charge is 0.313 e. The number of rotatable bonds is 3. The lowest BCUT2D eigenvalue weighted by Crippen LogP contribution is -2.17. The highest BCUT2D eigenvalue weighted by Crippen LogP contribution is 2.24. The van der Waals surface area contributed by atoms with Gasteiger partial charge in [-0.25, -0.2) is 9.07 Å². The second-order valence-corrected chi connectivity index (χ2v) is 5.03. The highest BCUT2D eigenvalue weighted by molar-refractivity contribution is 14.1. The van der Waals surface area contributed by atoms with E-state index < -0.39 is 0 Å². The average molecular weight is 345 g/mol. The molecule has 1 aromatic carbocycles. The van der Waals surface area contributed by atoms with Crippen molar-refractivity contribution >= 4 is 22.6 Å². The van der Waals surface area contributed by atoms with Crippen LogP contribution in [0.15, 0.2) is 30.6 Å². The highest BCUT2D eigenvalue weighted by Gasteiger charge is 2.15. The van der Waals surface area contributed by atoms with Crippen molar-refractivity contribution in [2.24, 2.45) is 0 Å². The molecular weight excluding hydrogens is 332 g/mol. The molecule has 1 N–H and O–H groups in total. The molecule has 0 saturated carbocycles. The average Bonchev–Trinajstić information content (AvgIpc) is 2.74. The van der Waals surface area contributed by atoms with Crippen LogP contribution in [0.1, 0.15) is 18.5 Å². The zero-order chi connectivity index (χ0) is 12.4. The van der Waals surface area contributed by atoms with E-state index in [0.29, 0.717) is 5.56 Å². The normalized spacial score (nSPS) is 12.7. The minimum atomic E-state index is -0.213. The van der Waals surface area contributed by atoms with E-state index in [1.165, 1.54) is 6.07 Å². The Morgan fingerprint density at radius 1 is 1.47 bits per heavy atom. The molecule has 3 nitrogen and oxygen atoms in total. The lowest BCUT2D eigenvalue weighted by atomic mass is 10.1. The molecule has 0 bridgehead atoms. The van der Waals surface area contributed by atoms with E-state index in [-0.39, 0.29) is 11.9 Å². The van der Waals surface area contributed by atoms with Crippen LogP contribution in [0.3, 0.4) is 0 Å². The van der Waals surface area contributed by atoms with Crippen molar-refractivity contribution in [2.45, 2.75) is 13.0 Å². The molecule has 90 valence electrons. The lowest BCUT2D eigenvalue weighted by Gasteiger charge is -2.16. The zero-order valence-corrected chi connectivity index (χ0v) is 11.8. The van der Waals surface area contributed by atoms with Gasteiger partial charge in [0.1, 0.15) is 5.82 Å². The van der Waals surface area contributed by atoms with Gasteiger partial charge in [-0.3, -0.25) is 0 Å². The second-order valence-electron chi connectivity index (χ2n) is 3.79. The Kier molecular flexibility index (Phi) is 3.78. The molecule has 2 aromatic rings. The summed E-state index contributed by atoms with van der Waals surface area (Å²) in [6, 6.07) is 4.98. The minimum absolute atomic E-state index is 0.0620. The predicted molar refractivity (Wildman–Crippen MR) is 73.7 cm³/mol. The summed E-state index contributed by atoms with van der Waals surface area (Å²) < 4.78 is 16.6. The summed E-state index contributed by atoms with van der Waals surface area (Å²) in [5, 5.41) is 7.28. The van der Waals surface area contributed by atoms with Gasteiger partial charge in [-0.05, 0) is 48.7 Å². The number of halogens is 2. The lowest BCUT2D eigenvalue weighted by molar-refractivity contribution is 0.557. The van der Waals surface area contributed by atoms with Crippen LogP contribution < -0.4 is 5.32 Å². The van der Waals surface area contributed by atoms with Crippen molar-refractivity contribution in [1.82, 2.24) is 15.1 Å². The maximum atomic E-state index is 13.9. The quantitative estimate of drug-likeness (QED) is 0.867. The van der Waals surface area contributed by atoms with E-state index in [0.717, 1.165) is 9.26 Å². The molecule has 17 heavy (non-hydrogen) atoms. The third-order valence-electron chi connectivity index (χ3n) is 2.69. The molecule has 5 heteroatoms. The molecular formula is C12H13FIN3. The summed E-state index contributed by atoms with van der Waals surface area (Å²) >= 11 is 2.18. The van der Waals surface area contributed by atoms with Crippen LogP contribution in [0.25, 0.3) is 5.69 Å². The van der Waals surface area contributed by atoms with Crippen LogP contribution in [-0.2, 0) is 0 Å². The van der Waals surface area contributed by atoms with E-state index in [9.17, 15) is 4.39 Å². The van der Waals surface area contributed by atoms with Crippen molar-refractivity contribution in [2.75, 3.05) is 7.05 Å². The summed E-state index contributed by atoms with van der Waals surface area (Å²) in [6.07, 6.45) is 3.63. The Bertz CT molecular complexity index is 524. The van der Waals surface area contributed by atoms with Crippen molar-refractivity contribution in [1.29, 1.82) is 0 Å².